The molecule has 1 atom stereocenters. The second-order valence-electron chi connectivity index (χ2n) is 5.14. The monoisotopic (exact) mass is 210 g/mol. The first-order valence-corrected chi connectivity index (χ1v) is 6.86. The van der Waals surface area contributed by atoms with Crippen LogP contribution in [0.3, 0.4) is 0 Å². The topological polar surface area (TPSA) is 15.3 Å². The lowest BCUT2D eigenvalue weighted by Crippen LogP contribution is -2.39. The number of rotatable bonds is 5. The summed E-state index contributed by atoms with van der Waals surface area (Å²) in [6, 6.07) is 0.936. The third-order valence-electron chi connectivity index (χ3n) is 4.18. The molecule has 0 bridgehead atoms. The van der Waals surface area contributed by atoms with Gasteiger partial charge in [-0.3, -0.25) is 4.90 Å². The lowest BCUT2D eigenvalue weighted by atomic mass is 9.96. The van der Waals surface area contributed by atoms with Crippen molar-refractivity contribution in [3.8, 4) is 0 Å². The molecule has 1 aliphatic carbocycles. The molecule has 0 spiro atoms. The van der Waals surface area contributed by atoms with Gasteiger partial charge < -0.3 is 5.32 Å². The average molecular weight is 210 g/mol. The summed E-state index contributed by atoms with van der Waals surface area (Å²) in [5.41, 5.74) is 0. The van der Waals surface area contributed by atoms with Gasteiger partial charge in [-0.25, -0.2) is 0 Å². The third-order valence-corrected chi connectivity index (χ3v) is 4.18. The van der Waals surface area contributed by atoms with Gasteiger partial charge in [0.15, 0.2) is 0 Å². The average Bonchev–Trinajstić information content (AvgIpc) is 2.87. The van der Waals surface area contributed by atoms with Crippen LogP contribution in [0.2, 0.25) is 0 Å². The molecule has 1 unspecified atom stereocenters. The van der Waals surface area contributed by atoms with Crippen molar-refractivity contribution in [2.24, 2.45) is 5.92 Å². The first kappa shape index (κ1) is 11.4. The van der Waals surface area contributed by atoms with E-state index in [2.05, 4.69) is 17.1 Å². The van der Waals surface area contributed by atoms with E-state index in [1.165, 1.54) is 58.2 Å². The van der Waals surface area contributed by atoms with Crippen LogP contribution < -0.4 is 5.32 Å². The molecule has 1 aliphatic heterocycles. The van der Waals surface area contributed by atoms with Crippen LogP contribution >= 0.6 is 0 Å². The Morgan fingerprint density at radius 1 is 1.13 bits per heavy atom. The second-order valence-corrected chi connectivity index (χ2v) is 5.14. The molecule has 0 radical (unpaired) electrons. The van der Waals surface area contributed by atoms with Crippen molar-refractivity contribution in [1.82, 2.24) is 10.2 Å². The summed E-state index contributed by atoms with van der Waals surface area (Å²) in [6.07, 6.45) is 8.89. The number of hydrogen-bond acceptors (Lipinski definition) is 2. The van der Waals surface area contributed by atoms with Crippen molar-refractivity contribution in [3.05, 3.63) is 0 Å². The highest BCUT2D eigenvalue weighted by atomic mass is 15.2. The molecule has 2 nitrogen and oxygen atoms in total. The lowest BCUT2D eigenvalue weighted by molar-refractivity contribution is 0.191. The Morgan fingerprint density at radius 2 is 1.93 bits per heavy atom. The minimum absolute atomic E-state index is 0.936. The van der Waals surface area contributed by atoms with Crippen LogP contribution in [0.1, 0.15) is 45.4 Å². The molecule has 2 heteroatoms. The molecule has 0 aromatic heterocycles. The Morgan fingerprint density at radius 3 is 2.67 bits per heavy atom. The molecule has 0 aromatic carbocycles. The standard InChI is InChI=1S/C13H26N2/c1-2-14-9-11-15-10-5-8-13(15)12-6-3-4-7-12/h12-14H,2-11H2,1H3. The van der Waals surface area contributed by atoms with E-state index >= 15 is 0 Å². The normalized spacial score (nSPS) is 29.0. The maximum atomic E-state index is 3.44. The second kappa shape index (κ2) is 5.86. The summed E-state index contributed by atoms with van der Waals surface area (Å²) < 4.78 is 0. The van der Waals surface area contributed by atoms with Crippen LogP contribution in [0.5, 0.6) is 0 Å². The molecule has 1 N–H and O–H groups in total. The first-order chi connectivity index (χ1) is 7.42. The van der Waals surface area contributed by atoms with Gasteiger partial charge in [0, 0.05) is 19.1 Å². The molecular weight excluding hydrogens is 184 g/mol. The highest BCUT2D eigenvalue weighted by Gasteiger charge is 2.32. The number of nitrogens with one attached hydrogen (secondary N) is 1. The molecule has 2 aliphatic rings. The van der Waals surface area contributed by atoms with E-state index in [1.54, 1.807) is 0 Å². The largest absolute Gasteiger partial charge is 0.316 e. The molecule has 1 saturated carbocycles. The van der Waals surface area contributed by atoms with E-state index in [-0.39, 0.29) is 0 Å². The minimum Gasteiger partial charge on any atom is -0.316 e. The van der Waals surface area contributed by atoms with Gasteiger partial charge in [-0.2, -0.15) is 0 Å². The van der Waals surface area contributed by atoms with E-state index < -0.39 is 0 Å². The molecule has 1 saturated heterocycles. The van der Waals surface area contributed by atoms with E-state index in [9.17, 15) is 0 Å². The van der Waals surface area contributed by atoms with Crippen LogP contribution in [0.4, 0.5) is 0 Å². The quantitative estimate of drug-likeness (QED) is 0.700. The summed E-state index contributed by atoms with van der Waals surface area (Å²) in [5, 5.41) is 3.44. The Labute approximate surface area is 94.4 Å². The highest BCUT2D eigenvalue weighted by Crippen LogP contribution is 2.34. The van der Waals surface area contributed by atoms with E-state index in [0.717, 1.165) is 18.5 Å². The SMILES string of the molecule is CCNCCN1CCCC1C1CCCC1. The fourth-order valence-corrected chi connectivity index (χ4v) is 3.40. The van der Waals surface area contributed by atoms with Crippen LogP contribution in [0.15, 0.2) is 0 Å². The molecule has 2 fully saturated rings. The van der Waals surface area contributed by atoms with Gasteiger partial charge in [0.1, 0.15) is 0 Å². The van der Waals surface area contributed by atoms with E-state index in [0.29, 0.717) is 0 Å². The van der Waals surface area contributed by atoms with Gasteiger partial charge >= 0.3 is 0 Å². The zero-order valence-corrected chi connectivity index (χ0v) is 10.2. The van der Waals surface area contributed by atoms with Crippen LogP contribution in [-0.2, 0) is 0 Å². The van der Waals surface area contributed by atoms with Gasteiger partial charge in [-0.05, 0) is 44.7 Å². The van der Waals surface area contributed by atoms with Crippen molar-refractivity contribution >= 4 is 0 Å². The van der Waals surface area contributed by atoms with Crippen molar-refractivity contribution in [1.29, 1.82) is 0 Å². The maximum absolute atomic E-state index is 3.44. The lowest BCUT2D eigenvalue weighted by Gasteiger charge is -2.29. The van der Waals surface area contributed by atoms with Crippen molar-refractivity contribution in [2.75, 3.05) is 26.2 Å². The zero-order chi connectivity index (χ0) is 10.5. The summed E-state index contributed by atoms with van der Waals surface area (Å²) in [5.74, 6) is 1.04. The molecule has 15 heavy (non-hydrogen) atoms. The predicted molar refractivity (Wildman–Crippen MR) is 65.1 cm³/mol. The predicted octanol–water partition coefficient (Wildman–Crippen LogP) is 2.25. The smallest absolute Gasteiger partial charge is 0.0124 e. The van der Waals surface area contributed by atoms with Gasteiger partial charge in [0.05, 0.1) is 0 Å². The number of nitrogens with zero attached hydrogens (tertiary/aromatic N) is 1. The van der Waals surface area contributed by atoms with Crippen LogP contribution in [0, 0.1) is 5.92 Å². The Hall–Kier alpha value is -0.0800. The van der Waals surface area contributed by atoms with Gasteiger partial charge in [0.25, 0.3) is 0 Å². The van der Waals surface area contributed by atoms with Crippen molar-refractivity contribution in [2.45, 2.75) is 51.5 Å². The fraction of sp³-hybridized carbons (Fsp3) is 1.00. The van der Waals surface area contributed by atoms with Crippen LogP contribution in [-0.4, -0.2) is 37.1 Å². The number of likely N-dealkylation sites (N-methyl/N-ethyl adjacent to an activating group) is 1. The van der Waals surface area contributed by atoms with Crippen molar-refractivity contribution < 1.29 is 0 Å². The Bertz CT molecular complexity index is 175. The summed E-state index contributed by atoms with van der Waals surface area (Å²) in [4.78, 5) is 2.75. The maximum Gasteiger partial charge on any atom is 0.0124 e. The van der Waals surface area contributed by atoms with Gasteiger partial charge in [0.2, 0.25) is 0 Å². The number of likely N-dealkylation sites (tertiary alicyclic amines) is 1. The van der Waals surface area contributed by atoms with Crippen LogP contribution in [0.25, 0.3) is 0 Å². The van der Waals surface area contributed by atoms with E-state index in [4.69, 9.17) is 0 Å². The summed E-state index contributed by atoms with van der Waals surface area (Å²) in [7, 11) is 0. The first-order valence-electron chi connectivity index (χ1n) is 6.86. The fourth-order valence-electron chi connectivity index (χ4n) is 3.40. The molecule has 2 rings (SSSR count). The highest BCUT2D eigenvalue weighted by molar-refractivity contribution is 4.87. The molecule has 1 heterocycles. The zero-order valence-electron chi connectivity index (χ0n) is 10.2. The molecule has 0 amide bonds. The summed E-state index contributed by atoms with van der Waals surface area (Å²) in [6.45, 7) is 7.11. The molecule has 88 valence electrons. The van der Waals surface area contributed by atoms with Gasteiger partial charge in [-0.1, -0.05) is 19.8 Å². The van der Waals surface area contributed by atoms with Gasteiger partial charge in [-0.15, -0.1) is 0 Å². The molecular formula is C13H26N2. The van der Waals surface area contributed by atoms with Crippen molar-refractivity contribution in [3.63, 3.8) is 0 Å². The minimum atomic E-state index is 0.936. The Balaban J connectivity index is 1.76. The molecule has 0 aromatic rings. The third kappa shape index (κ3) is 2.94. The Kier molecular flexibility index (Phi) is 4.45. The number of hydrogen-bond donors (Lipinski definition) is 1. The summed E-state index contributed by atoms with van der Waals surface area (Å²) >= 11 is 0. The van der Waals surface area contributed by atoms with E-state index in [1.807, 2.05) is 0 Å².